The van der Waals surface area contributed by atoms with Gasteiger partial charge in [0.05, 0.1) is 0 Å². The summed E-state index contributed by atoms with van der Waals surface area (Å²) in [5, 5.41) is 0. The molecule has 88 valence electrons. The molecule has 0 bridgehead atoms. The lowest BCUT2D eigenvalue weighted by Crippen LogP contribution is -2.39. The molecule has 3 nitrogen and oxygen atoms in total. The van der Waals surface area contributed by atoms with Gasteiger partial charge in [0.15, 0.2) is 0 Å². The first-order valence-corrected chi connectivity index (χ1v) is 6.68. The van der Waals surface area contributed by atoms with Gasteiger partial charge in [-0.1, -0.05) is 19.8 Å². The van der Waals surface area contributed by atoms with Crippen molar-refractivity contribution in [3.05, 3.63) is 17.0 Å². The van der Waals surface area contributed by atoms with E-state index in [1.165, 1.54) is 25.7 Å². The van der Waals surface area contributed by atoms with Crippen LogP contribution in [0.4, 0.5) is 5.82 Å². The second-order valence-corrected chi connectivity index (χ2v) is 5.45. The van der Waals surface area contributed by atoms with E-state index in [1.54, 1.807) is 6.33 Å². The lowest BCUT2D eigenvalue weighted by Gasteiger charge is -2.36. The number of hydrogen-bond donors (Lipinski definition) is 0. The van der Waals surface area contributed by atoms with Crippen LogP contribution in [0.5, 0.6) is 0 Å². The average molecular weight is 284 g/mol. The molecule has 1 aromatic heterocycles. The normalized spacial score (nSPS) is 25.4. The number of rotatable bonds is 2. The Morgan fingerprint density at radius 2 is 2.06 bits per heavy atom. The van der Waals surface area contributed by atoms with Gasteiger partial charge in [0.2, 0.25) is 0 Å². The highest BCUT2D eigenvalue weighted by Gasteiger charge is 2.25. The highest BCUT2D eigenvalue weighted by Crippen LogP contribution is 2.29. The van der Waals surface area contributed by atoms with Crippen LogP contribution in [-0.4, -0.2) is 23.1 Å². The molecule has 1 heterocycles. The predicted octanol–water partition coefficient (Wildman–Crippen LogP) is 3.25. The summed E-state index contributed by atoms with van der Waals surface area (Å²) in [7, 11) is 2.14. The maximum atomic E-state index is 4.33. The summed E-state index contributed by atoms with van der Waals surface area (Å²) >= 11 is 3.39. The lowest BCUT2D eigenvalue weighted by molar-refractivity contribution is 0.320. The van der Waals surface area contributed by atoms with Crippen molar-refractivity contribution >= 4 is 21.7 Å². The fourth-order valence-corrected chi connectivity index (χ4v) is 2.86. The Bertz CT molecular complexity index is 356. The molecule has 16 heavy (non-hydrogen) atoms. The largest absolute Gasteiger partial charge is 0.356 e. The Morgan fingerprint density at radius 1 is 1.31 bits per heavy atom. The molecule has 0 radical (unpaired) electrons. The highest BCUT2D eigenvalue weighted by atomic mass is 79.9. The summed E-state index contributed by atoms with van der Waals surface area (Å²) in [6.07, 6.45) is 6.94. The van der Waals surface area contributed by atoms with Crippen LogP contribution in [0.2, 0.25) is 0 Å². The molecule has 2 rings (SSSR count). The second-order valence-electron chi connectivity index (χ2n) is 4.64. The van der Waals surface area contributed by atoms with E-state index in [0.717, 1.165) is 16.3 Å². The first-order valence-electron chi connectivity index (χ1n) is 5.89. The third-order valence-corrected chi connectivity index (χ3v) is 3.98. The van der Waals surface area contributed by atoms with Crippen molar-refractivity contribution < 1.29 is 0 Å². The molecule has 2 unspecified atom stereocenters. The van der Waals surface area contributed by atoms with E-state index in [2.05, 4.69) is 44.8 Å². The van der Waals surface area contributed by atoms with Gasteiger partial charge in [0.1, 0.15) is 16.7 Å². The van der Waals surface area contributed by atoms with Crippen LogP contribution in [0.25, 0.3) is 0 Å². The first kappa shape index (κ1) is 11.8. The van der Waals surface area contributed by atoms with Crippen LogP contribution in [0.15, 0.2) is 17.0 Å². The van der Waals surface area contributed by atoms with Gasteiger partial charge in [-0.25, -0.2) is 9.97 Å². The van der Waals surface area contributed by atoms with Crippen molar-refractivity contribution in [3.8, 4) is 0 Å². The van der Waals surface area contributed by atoms with Gasteiger partial charge in [-0.3, -0.25) is 0 Å². The van der Waals surface area contributed by atoms with Crippen LogP contribution >= 0.6 is 15.9 Å². The average Bonchev–Trinajstić information content (AvgIpc) is 2.29. The van der Waals surface area contributed by atoms with Crippen molar-refractivity contribution in [1.29, 1.82) is 0 Å². The fourth-order valence-electron chi connectivity index (χ4n) is 2.56. The minimum absolute atomic E-state index is 0.621. The molecule has 1 fully saturated rings. The molecule has 0 aliphatic heterocycles. The molecule has 1 saturated carbocycles. The molecular weight excluding hydrogens is 266 g/mol. The van der Waals surface area contributed by atoms with Gasteiger partial charge in [-0.15, -0.1) is 0 Å². The van der Waals surface area contributed by atoms with Crippen LogP contribution in [0.1, 0.15) is 32.6 Å². The molecule has 1 aliphatic carbocycles. The van der Waals surface area contributed by atoms with Crippen LogP contribution < -0.4 is 4.90 Å². The monoisotopic (exact) mass is 283 g/mol. The Balaban J connectivity index is 2.14. The number of anilines is 1. The summed E-state index contributed by atoms with van der Waals surface area (Å²) in [4.78, 5) is 10.7. The molecule has 1 aromatic rings. The molecule has 0 N–H and O–H groups in total. The molecule has 2 atom stereocenters. The Hall–Kier alpha value is -0.640. The van der Waals surface area contributed by atoms with Crippen LogP contribution in [-0.2, 0) is 0 Å². The number of hydrogen-bond acceptors (Lipinski definition) is 3. The zero-order valence-corrected chi connectivity index (χ0v) is 11.4. The summed E-state index contributed by atoms with van der Waals surface area (Å²) in [5.74, 6) is 1.77. The number of nitrogens with zero attached hydrogens (tertiary/aromatic N) is 3. The minimum atomic E-state index is 0.621. The zero-order chi connectivity index (χ0) is 11.5. The van der Waals surface area contributed by atoms with Gasteiger partial charge >= 0.3 is 0 Å². The van der Waals surface area contributed by atoms with E-state index >= 15 is 0 Å². The van der Waals surface area contributed by atoms with Gasteiger partial charge in [0.25, 0.3) is 0 Å². The summed E-state index contributed by atoms with van der Waals surface area (Å²) in [6, 6.07) is 2.61. The molecule has 0 aromatic carbocycles. The lowest BCUT2D eigenvalue weighted by atomic mass is 9.85. The van der Waals surface area contributed by atoms with Gasteiger partial charge < -0.3 is 4.90 Å². The number of halogens is 1. The second kappa shape index (κ2) is 5.13. The van der Waals surface area contributed by atoms with E-state index in [9.17, 15) is 0 Å². The van der Waals surface area contributed by atoms with Crippen molar-refractivity contribution in [2.75, 3.05) is 11.9 Å². The van der Waals surface area contributed by atoms with Crippen LogP contribution in [0, 0.1) is 5.92 Å². The topological polar surface area (TPSA) is 29.0 Å². The van der Waals surface area contributed by atoms with Gasteiger partial charge in [-0.05, 0) is 34.7 Å². The van der Waals surface area contributed by atoms with Gasteiger partial charge in [0, 0.05) is 19.2 Å². The standard InChI is InChI=1S/C12H18BrN3/c1-9-5-3-4-6-10(9)16(2)12-7-11(13)14-8-15-12/h7-10H,3-6H2,1-2H3. The summed E-state index contributed by atoms with van der Waals surface area (Å²) < 4.78 is 0.854. The number of aromatic nitrogens is 2. The Kier molecular flexibility index (Phi) is 3.79. The van der Waals surface area contributed by atoms with Crippen molar-refractivity contribution in [2.45, 2.75) is 38.6 Å². The third kappa shape index (κ3) is 2.54. The Morgan fingerprint density at radius 3 is 2.75 bits per heavy atom. The molecule has 0 spiro atoms. The van der Waals surface area contributed by atoms with Crippen molar-refractivity contribution in [1.82, 2.24) is 9.97 Å². The summed E-state index contributed by atoms with van der Waals surface area (Å²) in [6.45, 7) is 2.34. The predicted molar refractivity (Wildman–Crippen MR) is 69.6 cm³/mol. The van der Waals surface area contributed by atoms with Gasteiger partial charge in [-0.2, -0.15) is 0 Å². The van der Waals surface area contributed by atoms with E-state index in [4.69, 9.17) is 0 Å². The third-order valence-electron chi connectivity index (χ3n) is 3.54. The maximum absolute atomic E-state index is 4.33. The minimum Gasteiger partial charge on any atom is -0.356 e. The van der Waals surface area contributed by atoms with E-state index in [1.807, 2.05) is 6.07 Å². The van der Waals surface area contributed by atoms with E-state index in [-0.39, 0.29) is 0 Å². The zero-order valence-electron chi connectivity index (χ0n) is 9.86. The van der Waals surface area contributed by atoms with Crippen molar-refractivity contribution in [2.24, 2.45) is 5.92 Å². The van der Waals surface area contributed by atoms with Crippen molar-refractivity contribution in [3.63, 3.8) is 0 Å². The van der Waals surface area contributed by atoms with Crippen LogP contribution in [0.3, 0.4) is 0 Å². The Labute approximate surface area is 105 Å². The SMILES string of the molecule is CC1CCCCC1N(C)c1cc(Br)ncn1. The molecule has 0 saturated heterocycles. The highest BCUT2D eigenvalue weighted by molar-refractivity contribution is 9.10. The molecule has 1 aliphatic rings. The quantitative estimate of drug-likeness (QED) is 0.781. The molecule has 4 heteroatoms. The smallest absolute Gasteiger partial charge is 0.133 e. The molecule has 0 amide bonds. The fraction of sp³-hybridized carbons (Fsp3) is 0.667. The first-order chi connectivity index (χ1) is 7.68. The summed E-state index contributed by atoms with van der Waals surface area (Å²) in [5.41, 5.74) is 0. The molecular formula is C12H18BrN3. The van der Waals surface area contributed by atoms with E-state index in [0.29, 0.717) is 6.04 Å². The maximum Gasteiger partial charge on any atom is 0.133 e. The van der Waals surface area contributed by atoms with E-state index < -0.39 is 0 Å².